The van der Waals surface area contributed by atoms with Crippen LogP contribution in [0.2, 0.25) is 0 Å². The van der Waals surface area contributed by atoms with E-state index < -0.39 is 9.84 Å². The summed E-state index contributed by atoms with van der Waals surface area (Å²) in [5.41, 5.74) is 1.41. The number of halogens is 1. The summed E-state index contributed by atoms with van der Waals surface area (Å²) in [6.07, 6.45) is 0. The molecule has 1 heterocycles. The Morgan fingerprint density at radius 3 is 2.32 bits per heavy atom. The van der Waals surface area contributed by atoms with Gasteiger partial charge >= 0.3 is 0 Å². The van der Waals surface area contributed by atoms with Crippen LogP contribution in [0, 0.1) is 0 Å². The molecule has 0 spiro atoms. The topological polar surface area (TPSA) is 34.1 Å². The van der Waals surface area contributed by atoms with Gasteiger partial charge in [0.05, 0.1) is 9.79 Å². The average molecular weight is 337 g/mol. The van der Waals surface area contributed by atoms with Crippen molar-refractivity contribution in [3.63, 3.8) is 0 Å². The van der Waals surface area contributed by atoms with Gasteiger partial charge in [0.2, 0.25) is 9.84 Å². The minimum absolute atomic E-state index is 0.308. The Morgan fingerprint density at radius 1 is 0.947 bits per heavy atom. The Morgan fingerprint density at radius 2 is 1.58 bits per heavy atom. The van der Waals surface area contributed by atoms with Crippen LogP contribution in [-0.4, -0.2) is 8.42 Å². The number of fused-ring (bicyclic) bond motifs is 2. The summed E-state index contributed by atoms with van der Waals surface area (Å²) in [5.74, 6) is 0. The van der Waals surface area contributed by atoms with Crippen molar-refractivity contribution in [3.05, 3.63) is 58.1 Å². The molecule has 0 aromatic heterocycles. The quantitative estimate of drug-likeness (QED) is 0.730. The van der Waals surface area contributed by atoms with E-state index in [1.54, 1.807) is 18.2 Å². The standard InChI is InChI=1S/C15H13BrO2S/c1-15(2)11-5-3-4-6-13(11)19(17,18)14-9-10(16)7-8-12(14)15/h3-9H,1-2H3. The molecule has 0 fully saturated rings. The molecule has 0 radical (unpaired) electrons. The van der Waals surface area contributed by atoms with E-state index in [1.165, 1.54) is 0 Å². The van der Waals surface area contributed by atoms with Crippen LogP contribution < -0.4 is 0 Å². The minimum atomic E-state index is -3.42. The Labute approximate surface area is 121 Å². The van der Waals surface area contributed by atoms with E-state index in [-0.39, 0.29) is 5.41 Å². The molecule has 0 N–H and O–H groups in total. The average Bonchev–Trinajstić information content (AvgIpc) is 2.37. The van der Waals surface area contributed by atoms with Crippen molar-refractivity contribution >= 4 is 25.8 Å². The molecule has 2 nitrogen and oxygen atoms in total. The van der Waals surface area contributed by atoms with Gasteiger partial charge in [-0.05, 0) is 29.3 Å². The molecular formula is C15H13BrO2S. The Kier molecular flexibility index (Phi) is 2.67. The predicted octanol–water partition coefficient (Wildman–Crippen LogP) is 3.92. The zero-order valence-corrected chi connectivity index (χ0v) is 13.0. The van der Waals surface area contributed by atoms with Crippen molar-refractivity contribution < 1.29 is 8.42 Å². The maximum atomic E-state index is 12.7. The summed E-state index contributed by atoms with van der Waals surface area (Å²) in [4.78, 5) is 0.830. The van der Waals surface area contributed by atoms with Crippen LogP contribution in [0.1, 0.15) is 25.0 Å². The van der Waals surface area contributed by atoms with E-state index >= 15 is 0 Å². The van der Waals surface area contributed by atoms with Gasteiger partial charge in [-0.15, -0.1) is 0 Å². The van der Waals surface area contributed by atoms with Gasteiger partial charge < -0.3 is 0 Å². The van der Waals surface area contributed by atoms with Crippen molar-refractivity contribution in [1.82, 2.24) is 0 Å². The van der Waals surface area contributed by atoms with Crippen molar-refractivity contribution in [2.45, 2.75) is 29.1 Å². The molecule has 0 bridgehead atoms. The van der Waals surface area contributed by atoms with Gasteiger partial charge in [-0.25, -0.2) is 8.42 Å². The first-order valence-corrected chi connectivity index (χ1v) is 8.27. The maximum absolute atomic E-state index is 12.7. The van der Waals surface area contributed by atoms with Gasteiger partial charge in [-0.1, -0.05) is 54.0 Å². The first kappa shape index (κ1) is 12.9. The second-order valence-electron chi connectivity index (χ2n) is 5.27. The van der Waals surface area contributed by atoms with Crippen LogP contribution in [0.15, 0.2) is 56.7 Å². The fourth-order valence-corrected chi connectivity index (χ4v) is 5.23. The largest absolute Gasteiger partial charge is 0.218 e. The Bertz CT molecular complexity index is 776. The van der Waals surface area contributed by atoms with Crippen molar-refractivity contribution in [2.24, 2.45) is 0 Å². The SMILES string of the molecule is CC1(C)c2ccccc2S(=O)(=O)c2cc(Br)ccc21. The highest BCUT2D eigenvalue weighted by molar-refractivity contribution is 9.10. The fraction of sp³-hybridized carbons (Fsp3) is 0.200. The van der Waals surface area contributed by atoms with Gasteiger partial charge in [-0.2, -0.15) is 0 Å². The Balaban J connectivity index is 2.48. The van der Waals surface area contributed by atoms with Gasteiger partial charge in [0.1, 0.15) is 0 Å². The highest BCUT2D eigenvalue weighted by Crippen LogP contribution is 2.45. The number of hydrogen-bond donors (Lipinski definition) is 0. The first-order chi connectivity index (χ1) is 8.85. The van der Waals surface area contributed by atoms with Crippen molar-refractivity contribution in [2.75, 3.05) is 0 Å². The van der Waals surface area contributed by atoms with Crippen LogP contribution in [0.25, 0.3) is 0 Å². The normalized spacial score (nSPS) is 18.5. The molecule has 0 amide bonds. The van der Waals surface area contributed by atoms with E-state index in [0.717, 1.165) is 15.6 Å². The lowest BCUT2D eigenvalue weighted by Crippen LogP contribution is -2.29. The number of rotatable bonds is 0. The summed E-state index contributed by atoms with van der Waals surface area (Å²) in [6.45, 7) is 4.13. The first-order valence-electron chi connectivity index (χ1n) is 6.00. The second-order valence-corrected chi connectivity index (χ2v) is 8.07. The second kappa shape index (κ2) is 3.93. The van der Waals surface area contributed by atoms with Crippen LogP contribution in [0.3, 0.4) is 0 Å². The molecule has 1 aliphatic rings. The molecule has 1 aliphatic heterocycles. The summed E-state index contributed by atoms with van der Waals surface area (Å²) in [7, 11) is -3.42. The van der Waals surface area contributed by atoms with Crippen LogP contribution >= 0.6 is 15.9 Å². The van der Waals surface area contributed by atoms with Crippen LogP contribution in [0.5, 0.6) is 0 Å². The highest BCUT2D eigenvalue weighted by atomic mass is 79.9. The van der Waals surface area contributed by atoms with E-state index in [9.17, 15) is 8.42 Å². The van der Waals surface area contributed by atoms with E-state index in [4.69, 9.17) is 0 Å². The monoisotopic (exact) mass is 336 g/mol. The molecule has 2 aromatic rings. The third-order valence-electron chi connectivity index (χ3n) is 3.76. The number of benzene rings is 2. The molecule has 0 unspecified atom stereocenters. The van der Waals surface area contributed by atoms with Gasteiger partial charge in [0.15, 0.2) is 0 Å². The predicted molar refractivity (Wildman–Crippen MR) is 78.2 cm³/mol. The van der Waals surface area contributed by atoms with Crippen LogP contribution in [-0.2, 0) is 15.3 Å². The molecule has 2 aromatic carbocycles. The number of sulfone groups is 1. The minimum Gasteiger partial charge on any atom is -0.218 e. The lowest BCUT2D eigenvalue weighted by molar-refractivity contribution is 0.555. The molecular weight excluding hydrogens is 324 g/mol. The van der Waals surface area contributed by atoms with E-state index in [0.29, 0.717) is 9.79 Å². The zero-order chi connectivity index (χ0) is 13.8. The molecule has 0 atom stereocenters. The summed E-state index contributed by atoms with van der Waals surface area (Å²) < 4.78 is 26.2. The number of hydrogen-bond acceptors (Lipinski definition) is 2. The van der Waals surface area contributed by atoms with Gasteiger partial charge in [-0.3, -0.25) is 0 Å². The van der Waals surface area contributed by atoms with E-state index in [1.807, 2.05) is 24.3 Å². The molecule has 0 aliphatic carbocycles. The van der Waals surface area contributed by atoms with Crippen LogP contribution in [0.4, 0.5) is 0 Å². The fourth-order valence-electron chi connectivity index (χ4n) is 2.72. The molecule has 0 saturated heterocycles. The summed E-state index contributed by atoms with van der Waals surface area (Å²) >= 11 is 3.36. The lowest BCUT2D eigenvalue weighted by Gasteiger charge is -2.34. The third-order valence-corrected chi connectivity index (χ3v) is 6.10. The molecule has 4 heteroatoms. The zero-order valence-electron chi connectivity index (χ0n) is 10.6. The summed E-state index contributed by atoms with van der Waals surface area (Å²) in [5, 5.41) is 0. The smallest absolute Gasteiger partial charge is 0.207 e. The van der Waals surface area contributed by atoms with Gasteiger partial charge in [0, 0.05) is 9.89 Å². The van der Waals surface area contributed by atoms with Crippen molar-refractivity contribution in [1.29, 1.82) is 0 Å². The van der Waals surface area contributed by atoms with Gasteiger partial charge in [0.25, 0.3) is 0 Å². The summed E-state index contributed by atoms with van der Waals surface area (Å²) in [6, 6.07) is 12.7. The molecule has 98 valence electrons. The third kappa shape index (κ3) is 1.70. The lowest BCUT2D eigenvalue weighted by atomic mass is 9.78. The van der Waals surface area contributed by atoms with Crippen molar-refractivity contribution in [3.8, 4) is 0 Å². The molecule has 0 saturated carbocycles. The highest BCUT2D eigenvalue weighted by Gasteiger charge is 2.40. The Hall–Kier alpha value is -1.13. The van der Waals surface area contributed by atoms with E-state index in [2.05, 4.69) is 29.8 Å². The molecule has 3 rings (SSSR count). The maximum Gasteiger partial charge on any atom is 0.207 e. The molecule has 19 heavy (non-hydrogen) atoms.